The molecule has 1 aliphatic carbocycles. The summed E-state index contributed by atoms with van der Waals surface area (Å²) in [4.78, 5) is 0. The minimum atomic E-state index is 0.684. The molecule has 20 heavy (non-hydrogen) atoms. The predicted octanol–water partition coefficient (Wildman–Crippen LogP) is 5.62. The van der Waals surface area contributed by atoms with Crippen LogP contribution in [0.4, 0.5) is 0 Å². The van der Waals surface area contributed by atoms with Crippen LogP contribution in [-0.2, 0) is 0 Å². The fraction of sp³-hybridized carbons (Fsp3) is 0.889. The summed E-state index contributed by atoms with van der Waals surface area (Å²) in [6.07, 6.45) is 17.0. The van der Waals surface area contributed by atoms with Gasteiger partial charge in [-0.1, -0.05) is 58.8 Å². The molecule has 0 aromatic carbocycles. The van der Waals surface area contributed by atoms with E-state index >= 15 is 0 Å². The second-order valence-electron chi connectivity index (χ2n) is 6.68. The second kappa shape index (κ2) is 8.59. The van der Waals surface area contributed by atoms with E-state index in [9.17, 15) is 0 Å². The molecule has 0 amide bonds. The highest BCUT2D eigenvalue weighted by atomic mass is 15.2. The molecular weight excluding hydrogens is 244 g/mol. The third-order valence-electron chi connectivity index (χ3n) is 5.09. The molecule has 0 radical (unpaired) electrons. The van der Waals surface area contributed by atoms with Gasteiger partial charge in [0, 0.05) is 23.8 Å². The third kappa shape index (κ3) is 4.17. The molecule has 2 heteroatoms. The van der Waals surface area contributed by atoms with Gasteiger partial charge < -0.3 is 0 Å². The summed E-state index contributed by atoms with van der Waals surface area (Å²) in [5.41, 5.74) is 1.47. The maximum atomic E-state index is 4.64. The summed E-state index contributed by atoms with van der Waals surface area (Å²) >= 11 is 0. The quantitative estimate of drug-likeness (QED) is 0.601. The van der Waals surface area contributed by atoms with Crippen LogP contribution in [0.25, 0.3) is 0 Å². The van der Waals surface area contributed by atoms with Gasteiger partial charge in [-0.3, -0.25) is 0 Å². The molecule has 1 heterocycles. The Morgan fingerprint density at radius 3 is 2.60 bits per heavy atom. The van der Waals surface area contributed by atoms with Gasteiger partial charge in [-0.25, -0.2) is 0 Å². The molecule has 0 spiro atoms. The first-order valence-electron chi connectivity index (χ1n) is 8.97. The standard InChI is InChI=1S/C18H32N2/c1-3-5-11-15(10-4-2)18-17-13-9-7-6-8-12-16(17)14-19-20-18/h14-17H,3-13H2,1-2H3. The van der Waals surface area contributed by atoms with Crippen molar-refractivity contribution in [2.75, 3.05) is 0 Å². The van der Waals surface area contributed by atoms with Crippen molar-refractivity contribution < 1.29 is 0 Å². The van der Waals surface area contributed by atoms with Gasteiger partial charge in [0.1, 0.15) is 0 Å². The molecule has 0 bridgehead atoms. The molecule has 0 aromatic heterocycles. The van der Waals surface area contributed by atoms with Crippen molar-refractivity contribution in [2.24, 2.45) is 28.0 Å². The van der Waals surface area contributed by atoms with E-state index in [-0.39, 0.29) is 0 Å². The van der Waals surface area contributed by atoms with Crippen molar-refractivity contribution in [3.8, 4) is 0 Å². The molecule has 1 fully saturated rings. The molecule has 3 atom stereocenters. The van der Waals surface area contributed by atoms with Crippen LogP contribution in [0.5, 0.6) is 0 Å². The van der Waals surface area contributed by atoms with Crippen molar-refractivity contribution in [3.63, 3.8) is 0 Å². The summed E-state index contributed by atoms with van der Waals surface area (Å²) in [6, 6.07) is 0. The Morgan fingerprint density at radius 1 is 1.05 bits per heavy atom. The normalized spacial score (nSPS) is 28.2. The lowest BCUT2D eigenvalue weighted by Crippen LogP contribution is -2.33. The lowest BCUT2D eigenvalue weighted by Gasteiger charge is -2.33. The Hall–Kier alpha value is -0.660. The highest BCUT2D eigenvalue weighted by Crippen LogP contribution is 2.34. The first kappa shape index (κ1) is 15.7. The minimum absolute atomic E-state index is 0.684. The number of hydrogen-bond donors (Lipinski definition) is 0. The molecule has 0 aromatic rings. The van der Waals surface area contributed by atoms with Crippen LogP contribution in [0.2, 0.25) is 0 Å². The first-order valence-corrected chi connectivity index (χ1v) is 8.97. The zero-order valence-corrected chi connectivity index (χ0v) is 13.5. The van der Waals surface area contributed by atoms with E-state index in [1.165, 1.54) is 76.3 Å². The van der Waals surface area contributed by atoms with Gasteiger partial charge in [0.05, 0.1) is 0 Å². The van der Waals surface area contributed by atoms with Crippen molar-refractivity contribution in [2.45, 2.75) is 84.5 Å². The monoisotopic (exact) mass is 276 g/mol. The first-order chi connectivity index (χ1) is 9.86. The summed E-state index contributed by atoms with van der Waals surface area (Å²) in [7, 11) is 0. The Labute approximate surface area is 125 Å². The smallest absolute Gasteiger partial charge is 0.0473 e. The van der Waals surface area contributed by atoms with Crippen LogP contribution in [-0.4, -0.2) is 11.9 Å². The predicted molar refractivity (Wildman–Crippen MR) is 88.5 cm³/mol. The van der Waals surface area contributed by atoms with Crippen LogP contribution in [0.15, 0.2) is 10.2 Å². The zero-order valence-electron chi connectivity index (χ0n) is 13.5. The van der Waals surface area contributed by atoms with Crippen LogP contribution in [0, 0.1) is 17.8 Å². The van der Waals surface area contributed by atoms with Crippen molar-refractivity contribution >= 4 is 11.9 Å². The summed E-state index contributed by atoms with van der Waals surface area (Å²) in [6.45, 7) is 4.60. The van der Waals surface area contributed by atoms with Gasteiger partial charge >= 0.3 is 0 Å². The van der Waals surface area contributed by atoms with Crippen LogP contribution >= 0.6 is 0 Å². The lowest BCUT2D eigenvalue weighted by atomic mass is 9.74. The Bertz CT molecular complexity index is 332. The van der Waals surface area contributed by atoms with E-state index in [1.54, 1.807) is 0 Å². The Kier molecular flexibility index (Phi) is 6.75. The number of unbranched alkanes of at least 4 members (excludes halogenated alkanes) is 1. The fourth-order valence-electron chi connectivity index (χ4n) is 3.94. The number of hydrogen-bond acceptors (Lipinski definition) is 2. The van der Waals surface area contributed by atoms with Gasteiger partial charge in [0.25, 0.3) is 0 Å². The highest BCUT2D eigenvalue weighted by Gasteiger charge is 2.32. The van der Waals surface area contributed by atoms with Gasteiger partial charge in [0.15, 0.2) is 0 Å². The molecule has 2 aliphatic rings. The van der Waals surface area contributed by atoms with Crippen LogP contribution in [0.3, 0.4) is 0 Å². The Morgan fingerprint density at radius 2 is 1.85 bits per heavy atom. The van der Waals surface area contributed by atoms with Crippen molar-refractivity contribution in [1.29, 1.82) is 0 Å². The van der Waals surface area contributed by atoms with Crippen LogP contribution < -0.4 is 0 Å². The van der Waals surface area contributed by atoms with E-state index in [0.717, 1.165) is 0 Å². The average Bonchev–Trinajstić information content (AvgIpc) is 2.44. The molecule has 0 N–H and O–H groups in total. The van der Waals surface area contributed by atoms with E-state index in [4.69, 9.17) is 0 Å². The van der Waals surface area contributed by atoms with Gasteiger partial charge in [-0.05, 0) is 31.6 Å². The maximum absolute atomic E-state index is 4.64. The average molecular weight is 276 g/mol. The summed E-state index contributed by atoms with van der Waals surface area (Å²) in [5.74, 6) is 2.09. The van der Waals surface area contributed by atoms with E-state index in [0.29, 0.717) is 17.8 Å². The van der Waals surface area contributed by atoms with Crippen LogP contribution in [0.1, 0.15) is 84.5 Å². The van der Waals surface area contributed by atoms with Crippen molar-refractivity contribution in [1.82, 2.24) is 0 Å². The van der Waals surface area contributed by atoms with Gasteiger partial charge in [-0.2, -0.15) is 10.2 Å². The molecule has 1 aliphatic heterocycles. The summed E-state index contributed by atoms with van der Waals surface area (Å²) in [5, 5.41) is 9.03. The van der Waals surface area contributed by atoms with E-state index in [1.807, 2.05) is 0 Å². The molecule has 3 unspecified atom stereocenters. The topological polar surface area (TPSA) is 24.7 Å². The fourth-order valence-corrected chi connectivity index (χ4v) is 3.94. The molecule has 114 valence electrons. The zero-order chi connectivity index (χ0) is 14.2. The second-order valence-corrected chi connectivity index (χ2v) is 6.68. The van der Waals surface area contributed by atoms with Crippen molar-refractivity contribution in [3.05, 3.63) is 0 Å². The SMILES string of the molecule is CCCCC(CCC)C1=NN=CC2CCCCCCC12. The molecule has 1 saturated carbocycles. The molecule has 2 rings (SSSR count). The lowest BCUT2D eigenvalue weighted by molar-refractivity contribution is 0.377. The largest absolute Gasteiger partial charge is 0.163 e. The van der Waals surface area contributed by atoms with E-state index < -0.39 is 0 Å². The third-order valence-corrected chi connectivity index (χ3v) is 5.09. The molecule has 0 saturated heterocycles. The maximum Gasteiger partial charge on any atom is 0.0473 e. The van der Waals surface area contributed by atoms with E-state index in [2.05, 4.69) is 30.3 Å². The number of fused-ring (bicyclic) bond motifs is 1. The van der Waals surface area contributed by atoms with Gasteiger partial charge in [0.2, 0.25) is 0 Å². The Balaban J connectivity index is 2.09. The number of nitrogens with zero attached hydrogens (tertiary/aromatic N) is 2. The van der Waals surface area contributed by atoms with Gasteiger partial charge in [-0.15, -0.1) is 0 Å². The highest BCUT2D eigenvalue weighted by molar-refractivity contribution is 5.93. The minimum Gasteiger partial charge on any atom is -0.163 e. The molecular formula is C18H32N2. The number of rotatable bonds is 6. The summed E-state index contributed by atoms with van der Waals surface area (Å²) < 4.78 is 0. The molecule has 2 nitrogen and oxygen atoms in total.